The zero-order chi connectivity index (χ0) is 13.6. The topological polar surface area (TPSA) is 73.6 Å². The highest BCUT2D eigenvalue weighted by molar-refractivity contribution is 5.87. The molecule has 0 saturated heterocycles. The SMILES string of the molecule is CCOC(=O)c1coc(NCC(C)(C)OCC)n1. The average Bonchev–Trinajstić information content (AvgIpc) is 2.75. The fourth-order valence-electron chi connectivity index (χ4n) is 1.38. The summed E-state index contributed by atoms with van der Waals surface area (Å²) in [5.74, 6) is -0.488. The number of carbonyl (C=O) groups is 1. The van der Waals surface area contributed by atoms with Gasteiger partial charge in [0.05, 0.1) is 12.2 Å². The molecule has 0 spiro atoms. The first-order valence-corrected chi connectivity index (χ1v) is 5.99. The molecule has 0 amide bonds. The van der Waals surface area contributed by atoms with Crippen molar-refractivity contribution < 1.29 is 18.7 Å². The van der Waals surface area contributed by atoms with Gasteiger partial charge < -0.3 is 19.2 Å². The number of hydrogen-bond acceptors (Lipinski definition) is 6. The van der Waals surface area contributed by atoms with E-state index in [2.05, 4.69) is 10.3 Å². The number of ether oxygens (including phenoxy) is 2. The van der Waals surface area contributed by atoms with Crippen LogP contribution in [0.3, 0.4) is 0 Å². The van der Waals surface area contributed by atoms with Gasteiger partial charge in [-0.1, -0.05) is 0 Å². The predicted octanol–water partition coefficient (Wildman–Crippen LogP) is 2.08. The van der Waals surface area contributed by atoms with Crippen LogP contribution in [0.25, 0.3) is 0 Å². The number of carbonyl (C=O) groups excluding carboxylic acids is 1. The lowest BCUT2D eigenvalue weighted by atomic mass is 10.1. The minimum atomic E-state index is -0.488. The summed E-state index contributed by atoms with van der Waals surface area (Å²) in [6.07, 6.45) is 1.27. The first kappa shape index (κ1) is 14.5. The lowest BCUT2D eigenvalue weighted by Crippen LogP contribution is -2.33. The van der Waals surface area contributed by atoms with Gasteiger partial charge in [0.2, 0.25) is 0 Å². The summed E-state index contributed by atoms with van der Waals surface area (Å²) in [6.45, 7) is 9.06. The Bertz CT molecular complexity index is 387. The number of oxazole rings is 1. The monoisotopic (exact) mass is 256 g/mol. The maximum atomic E-state index is 11.4. The van der Waals surface area contributed by atoms with Crippen molar-refractivity contribution in [3.8, 4) is 0 Å². The highest BCUT2D eigenvalue weighted by Gasteiger charge is 2.19. The van der Waals surface area contributed by atoms with Crippen LogP contribution in [0.1, 0.15) is 38.2 Å². The quantitative estimate of drug-likeness (QED) is 0.753. The van der Waals surface area contributed by atoms with E-state index >= 15 is 0 Å². The molecule has 1 heterocycles. The molecule has 0 unspecified atom stereocenters. The largest absolute Gasteiger partial charge is 0.461 e. The van der Waals surface area contributed by atoms with E-state index < -0.39 is 5.97 Å². The van der Waals surface area contributed by atoms with E-state index in [4.69, 9.17) is 13.9 Å². The number of aromatic nitrogens is 1. The van der Waals surface area contributed by atoms with E-state index in [1.54, 1.807) is 6.92 Å². The molecule has 0 fully saturated rings. The van der Waals surface area contributed by atoms with E-state index in [9.17, 15) is 4.79 Å². The molecule has 0 aliphatic heterocycles. The van der Waals surface area contributed by atoms with Gasteiger partial charge >= 0.3 is 5.97 Å². The molecule has 0 aliphatic carbocycles. The molecule has 1 N–H and O–H groups in total. The molecule has 1 aromatic rings. The van der Waals surface area contributed by atoms with Crippen molar-refractivity contribution in [2.45, 2.75) is 33.3 Å². The van der Waals surface area contributed by atoms with Crippen molar-refractivity contribution in [3.63, 3.8) is 0 Å². The number of anilines is 1. The van der Waals surface area contributed by atoms with Crippen LogP contribution in [0.4, 0.5) is 6.01 Å². The van der Waals surface area contributed by atoms with Crippen LogP contribution in [0.5, 0.6) is 0 Å². The summed E-state index contributed by atoms with van der Waals surface area (Å²) in [6, 6.07) is 0.283. The third-order valence-electron chi connectivity index (χ3n) is 2.19. The van der Waals surface area contributed by atoms with Gasteiger partial charge in [-0.15, -0.1) is 0 Å². The fraction of sp³-hybridized carbons (Fsp3) is 0.667. The molecule has 18 heavy (non-hydrogen) atoms. The van der Waals surface area contributed by atoms with Crippen LogP contribution in [0.2, 0.25) is 0 Å². The minimum absolute atomic E-state index is 0.161. The van der Waals surface area contributed by atoms with Gasteiger partial charge in [0, 0.05) is 13.2 Å². The van der Waals surface area contributed by atoms with Crippen molar-refractivity contribution in [3.05, 3.63) is 12.0 Å². The lowest BCUT2D eigenvalue weighted by molar-refractivity contribution is 0.000352. The van der Waals surface area contributed by atoms with Gasteiger partial charge in [-0.05, 0) is 27.7 Å². The summed E-state index contributed by atoms with van der Waals surface area (Å²) in [7, 11) is 0. The first-order valence-electron chi connectivity index (χ1n) is 5.99. The van der Waals surface area contributed by atoms with Crippen LogP contribution in [-0.4, -0.2) is 36.3 Å². The smallest absolute Gasteiger partial charge is 0.360 e. The second-order valence-corrected chi connectivity index (χ2v) is 4.30. The van der Waals surface area contributed by atoms with Crippen LogP contribution in [-0.2, 0) is 9.47 Å². The van der Waals surface area contributed by atoms with Crippen LogP contribution in [0, 0.1) is 0 Å². The highest BCUT2D eigenvalue weighted by atomic mass is 16.5. The summed E-state index contributed by atoms with van der Waals surface area (Å²) < 4.78 is 15.5. The number of nitrogens with zero attached hydrogens (tertiary/aromatic N) is 1. The molecule has 0 aromatic carbocycles. The summed E-state index contributed by atoms with van der Waals surface area (Å²) in [4.78, 5) is 15.3. The molecule has 6 nitrogen and oxygen atoms in total. The Morgan fingerprint density at radius 3 is 2.78 bits per heavy atom. The highest BCUT2D eigenvalue weighted by Crippen LogP contribution is 2.13. The normalized spacial score (nSPS) is 11.3. The standard InChI is InChI=1S/C12H20N2O4/c1-5-16-10(15)9-7-17-11(14-9)13-8-12(3,4)18-6-2/h7H,5-6,8H2,1-4H3,(H,13,14). The van der Waals surface area contributed by atoms with E-state index in [1.807, 2.05) is 20.8 Å². The molecule has 0 radical (unpaired) electrons. The van der Waals surface area contributed by atoms with Crippen molar-refractivity contribution in [1.82, 2.24) is 4.98 Å². The molecule has 1 aromatic heterocycles. The van der Waals surface area contributed by atoms with Crippen molar-refractivity contribution in [2.75, 3.05) is 25.1 Å². The van der Waals surface area contributed by atoms with Crippen molar-refractivity contribution in [1.29, 1.82) is 0 Å². The van der Waals surface area contributed by atoms with Gasteiger partial charge in [0.15, 0.2) is 5.69 Å². The summed E-state index contributed by atoms with van der Waals surface area (Å²) in [5, 5.41) is 2.98. The number of rotatable bonds is 7. The Balaban J connectivity index is 2.51. The number of hydrogen-bond donors (Lipinski definition) is 1. The van der Waals surface area contributed by atoms with Gasteiger partial charge in [-0.25, -0.2) is 4.79 Å². The van der Waals surface area contributed by atoms with E-state index in [0.717, 1.165) is 0 Å². The first-order chi connectivity index (χ1) is 8.48. The van der Waals surface area contributed by atoms with Gasteiger partial charge in [0.1, 0.15) is 6.26 Å². The Morgan fingerprint density at radius 2 is 2.17 bits per heavy atom. The van der Waals surface area contributed by atoms with Crippen LogP contribution >= 0.6 is 0 Å². The number of nitrogens with one attached hydrogen (secondary N) is 1. The molecule has 0 atom stereocenters. The molecule has 0 saturated carbocycles. The fourth-order valence-corrected chi connectivity index (χ4v) is 1.38. The Labute approximate surface area is 107 Å². The molecule has 6 heteroatoms. The van der Waals surface area contributed by atoms with Crippen LogP contribution < -0.4 is 5.32 Å². The molecular formula is C12H20N2O4. The Morgan fingerprint density at radius 1 is 1.44 bits per heavy atom. The van der Waals surface area contributed by atoms with Crippen molar-refractivity contribution in [2.24, 2.45) is 0 Å². The predicted molar refractivity (Wildman–Crippen MR) is 66.7 cm³/mol. The second kappa shape index (κ2) is 6.39. The van der Waals surface area contributed by atoms with Gasteiger partial charge in [-0.2, -0.15) is 4.98 Å². The zero-order valence-electron chi connectivity index (χ0n) is 11.3. The van der Waals surface area contributed by atoms with E-state index in [0.29, 0.717) is 19.8 Å². The van der Waals surface area contributed by atoms with E-state index in [1.165, 1.54) is 6.26 Å². The Hall–Kier alpha value is -1.56. The Kier molecular flexibility index (Phi) is 5.15. The van der Waals surface area contributed by atoms with E-state index in [-0.39, 0.29) is 17.3 Å². The third kappa shape index (κ3) is 4.37. The van der Waals surface area contributed by atoms with Gasteiger partial charge in [-0.3, -0.25) is 0 Å². The average molecular weight is 256 g/mol. The number of esters is 1. The molecule has 102 valence electrons. The molecular weight excluding hydrogens is 236 g/mol. The maximum absolute atomic E-state index is 11.4. The maximum Gasteiger partial charge on any atom is 0.360 e. The molecule has 0 bridgehead atoms. The lowest BCUT2D eigenvalue weighted by Gasteiger charge is -2.24. The molecule has 1 rings (SSSR count). The van der Waals surface area contributed by atoms with Gasteiger partial charge in [0.25, 0.3) is 6.01 Å². The summed E-state index contributed by atoms with van der Waals surface area (Å²) >= 11 is 0. The van der Waals surface area contributed by atoms with Crippen LogP contribution in [0.15, 0.2) is 10.7 Å². The molecule has 0 aliphatic rings. The second-order valence-electron chi connectivity index (χ2n) is 4.30. The minimum Gasteiger partial charge on any atom is -0.461 e. The zero-order valence-corrected chi connectivity index (χ0v) is 11.3. The third-order valence-corrected chi connectivity index (χ3v) is 2.19. The summed E-state index contributed by atoms with van der Waals surface area (Å²) in [5.41, 5.74) is -0.165. The van der Waals surface area contributed by atoms with Crippen molar-refractivity contribution >= 4 is 12.0 Å².